The summed E-state index contributed by atoms with van der Waals surface area (Å²) in [6, 6.07) is 11.6. The van der Waals surface area contributed by atoms with Crippen molar-refractivity contribution in [1.82, 2.24) is 9.97 Å². The number of H-pyrrole nitrogens is 1. The van der Waals surface area contributed by atoms with Crippen molar-refractivity contribution in [3.63, 3.8) is 0 Å². The highest BCUT2D eigenvalue weighted by Crippen LogP contribution is 2.31. The highest BCUT2D eigenvalue weighted by atomic mass is 35.5. The van der Waals surface area contributed by atoms with Crippen LogP contribution in [0.4, 0.5) is 0 Å². The van der Waals surface area contributed by atoms with Gasteiger partial charge < -0.3 is 9.40 Å². The van der Waals surface area contributed by atoms with Crippen molar-refractivity contribution in [2.75, 3.05) is 0 Å². The third-order valence-corrected chi connectivity index (χ3v) is 4.27. The number of halogens is 1. The average Bonchev–Trinajstić information content (AvgIpc) is 3.30. The summed E-state index contributed by atoms with van der Waals surface area (Å²) in [7, 11) is 0. The summed E-state index contributed by atoms with van der Waals surface area (Å²) in [6.07, 6.45) is 10.4. The summed E-state index contributed by atoms with van der Waals surface area (Å²) in [5.41, 5.74) is 5.01. The van der Waals surface area contributed by atoms with E-state index in [2.05, 4.69) is 16.0 Å². The average molecular weight is 346 g/mol. The maximum absolute atomic E-state index is 9.71. The van der Waals surface area contributed by atoms with Crippen molar-refractivity contribution in [3.05, 3.63) is 77.6 Å². The number of nitrogens with one attached hydrogen (secondary N) is 1. The number of furan rings is 1. The monoisotopic (exact) mass is 345 g/mol. The Kier molecular flexibility index (Phi) is 3.85. The quantitative estimate of drug-likeness (QED) is 0.496. The molecule has 3 heterocycles. The van der Waals surface area contributed by atoms with Gasteiger partial charge in [-0.15, -0.1) is 0 Å². The summed E-state index contributed by atoms with van der Waals surface area (Å²) < 4.78 is 5.17. The second-order valence-electron chi connectivity index (χ2n) is 5.54. The molecule has 25 heavy (non-hydrogen) atoms. The zero-order chi connectivity index (χ0) is 17.2. The Morgan fingerprint density at radius 1 is 1.28 bits per heavy atom. The highest BCUT2D eigenvalue weighted by Gasteiger charge is 2.11. The molecular weight excluding hydrogens is 334 g/mol. The molecule has 1 aromatic carbocycles. The molecule has 0 saturated carbocycles. The standard InChI is InChI=1S/C20H12ClN3O/c21-16-1-2-20-18(8-16)19(11-24-20)14(9-22)7-15-10-23-5-3-17(15)13-4-6-25-12-13/h1-8,10-12,24H/b14-7+. The zero-order valence-corrected chi connectivity index (χ0v) is 13.8. The predicted molar refractivity (Wildman–Crippen MR) is 98.7 cm³/mol. The van der Waals surface area contributed by atoms with Crippen molar-refractivity contribution in [2.45, 2.75) is 0 Å². The van der Waals surface area contributed by atoms with E-state index < -0.39 is 0 Å². The van der Waals surface area contributed by atoms with Gasteiger partial charge in [0.25, 0.3) is 0 Å². The van der Waals surface area contributed by atoms with Gasteiger partial charge in [-0.1, -0.05) is 11.6 Å². The van der Waals surface area contributed by atoms with Gasteiger partial charge in [0.05, 0.1) is 24.2 Å². The number of allylic oxidation sites excluding steroid dienone is 1. The third-order valence-electron chi connectivity index (χ3n) is 4.04. The van der Waals surface area contributed by atoms with Gasteiger partial charge in [-0.2, -0.15) is 5.26 Å². The van der Waals surface area contributed by atoms with Gasteiger partial charge in [0, 0.05) is 51.2 Å². The summed E-state index contributed by atoms with van der Waals surface area (Å²) >= 11 is 6.11. The molecule has 5 heteroatoms. The van der Waals surface area contributed by atoms with E-state index in [0.717, 1.165) is 33.2 Å². The highest BCUT2D eigenvalue weighted by molar-refractivity contribution is 6.31. The molecule has 0 atom stereocenters. The van der Waals surface area contributed by atoms with Gasteiger partial charge in [-0.05, 0) is 42.0 Å². The predicted octanol–water partition coefficient (Wildman–Crippen LogP) is 5.54. The fraction of sp³-hybridized carbons (Fsp3) is 0. The smallest absolute Gasteiger partial charge is 0.0998 e. The van der Waals surface area contributed by atoms with Crippen LogP contribution in [0.1, 0.15) is 11.1 Å². The van der Waals surface area contributed by atoms with E-state index >= 15 is 0 Å². The van der Waals surface area contributed by atoms with Gasteiger partial charge in [-0.25, -0.2) is 0 Å². The minimum Gasteiger partial charge on any atom is -0.472 e. The summed E-state index contributed by atoms with van der Waals surface area (Å²) in [5, 5.41) is 11.2. The fourth-order valence-electron chi connectivity index (χ4n) is 2.84. The van der Waals surface area contributed by atoms with Gasteiger partial charge >= 0.3 is 0 Å². The number of hydrogen-bond acceptors (Lipinski definition) is 3. The molecule has 0 aliphatic heterocycles. The first-order valence-electron chi connectivity index (χ1n) is 7.61. The Balaban J connectivity index is 1.88. The van der Waals surface area contributed by atoms with Crippen LogP contribution in [0.2, 0.25) is 5.02 Å². The number of rotatable bonds is 3. The van der Waals surface area contributed by atoms with Crippen LogP contribution in [0.25, 0.3) is 33.7 Å². The van der Waals surface area contributed by atoms with Crippen LogP contribution in [-0.2, 0) is 0 Å². The van der Waals surface area contributed by atoms with Gasteiger partial charge in [0.15, 0.2) is 0 Å². The largest absolute Gasteiger partial charge is 0.472 e. The fourth-order valence-corrected chi connectivity index (χ4v) is 3.02. The molecule has 0 radical (unpaired) electrons. The Morgan fingerprint density at radius 2 is 2.20 bits per heavy atom. The maximum Gasteiger partial charge on any atom is 0.0998 e. The van der Waals surface area contributed by atoms with E-state index in [4.69, 9.17) is 16.0 Å². The summed E-state index contributed by atoms with van der Waals surface area (Å²) in [4.78, 5) is 7.36. The lowest BCUT2D eigenvalue weighted by Gasteiger charge is -2.04. The molecule has 0 aliphatic rings. The zero-order valence-electron chi connectivity index (χ0n) is 13.0. The molecule has 0 amide bonds. The van der Waals surface area contributed by atoms with Crippen LogP contribution in [0.5, 0.6) is 0 Å². The lowest BCUT2D eigenvalue weighted by Crippen LogP contribution is -1.86. The first-order valence-corrected chi connectivity index (χ1v) is 7.99. The number of benzene rings is 1. The van der Waals surface area contributed by atoms with Crippen molar-refractivity contribution < 1.29 is 4.42 Å². The van der Waals surface area contributed by atoms with E-state index in [0.29, 0.717) is 10.6 Å². The van der Waals surface area contributed by atoms with E-state index in [-0.39, 0.29) is 0 Å². The van der Waals surface area contributed by atoms with Crippen molar-refractivity contribution in [3.8, 4) is 17.2 Å². The maximum atomic E-state index is 9.71. The van der Waals surface area contributed by atoms with Crippen molar-refractivity contribution in [1.29, 1.82) is 5.26 Å². The van der Waals surface area contributed by atoms with Crippen LogP contribution in [0.3, 0.4) is 0 Å². The van der Waals surface area contributed by atoms with Crippen molar-refractivity contribution >= 4 is 34.2 Å². The lowest BCUT2D eigenvalue weighted by atomic mass is 9.99. The molecule has 0 aliphatic carbocycles. The van der Waals surface area contributed by atoms with E-state index in [1.165, 1.54) is 0 Å². The van der Waals surface area contributed by atoms with Crippen LogP contribution in [-0.4, -0.2) is 9.97 Å². The first-order chi connectivity index (χ1) is 12.3. The molecule has 1 N–H and O–H groups in total. The molecule has 0 spiro atoms. The van der Waals surface area contributed by atoms with Crippen LogP contribution in [0, 0.1) is 11.3 Å². The Morgan fingerprint density at radius 3 is 3.00 bits per heavy atom. The molecular formula is C20H12ClN3O. The molecule has 0 bridgehead atoms. The molecule has 4 rings (SSSR count). The topological polar surface area (TPSA) is 65.6 Å². The Hall–Kier alpha value is -3.29. The number of nitriles is 1. The Bertz CT molecular complexity index is 1120. The minimum atomic E-state index is 0.534. The summed E-state index contributed by atoms with van der Waals surface area (Å²) in [6.45, 7) is 0. The second kappa shape index (κ2) is 6.31. The molecule has 4 aromatic rings. The van der Waals surface area contributed by atoms with E-state index in [9.17, 15) is 5.26 Å². The van der Waals surface area contributed by atoms with Gasteiger partial charge in [-0.3, -0.25) is 4.98 Å². The second-order valence-corrected chi connectivity index (χ2v) is 5.97. The van der Waals surface area contributed by atoms with Crippen LogP contribution < -0.4 is 0 Å². The molecule has 0 fully saturated rings. The number of fused-ring (bicyclic) bond motifs is 1. The van der Waals surface area contributed by atoms with Crippen LogP contribution >= 0.6 is 11.6 Å². The number of hydrogen-bond donors (Lipinski definition) is 1. The van der Waals surface area contributed by atoms with Crippen molar-refractivity contribution in [2.24, 2.45) is 0 Å². The number of pyridine rings is 1. The number of nitrogens with zero attached hydrogens (tertiary/aromatic N) is 2. The molecule has 0 saturated heterocycles. The molecule has 120 valence electrons. The van der Waals surface area contributed by atoms with Gasteiger partial charge in [0.1, 0.15) is 0 Å². The minimum absolute atomic E-state index is 0.534. The first kappa shape index (κ1) is 15.3. The SMILES string of the molecule is N#C/C(=C\c1cnccc1-c1ccoc1)c1c[nH]c2ccc(Cl)cc12. The van der Waals surface area contributed by atoms with E-state index in [1.807, 2.05) is 42.6 Å². The molecule has 0 unspecified atom stereocenters. The van der Waals surface area contributed by atoms with Crippen LogP contribution in [0.15, 0.2) is 65.9 Å². The van der Waals surface area contributed by atoms with Gasteiger partial charge in [0.2, 0.25) is 0 Å². The molecule has 4 nitrogen and oxygen atoms in total. The third kappa shape index (κ3) is 2.82. The number of aromatic nitrogens is 2. The molecule has 3 aromatic heterocycles. The number of aromatic amines is 1. The normalized spacial score (nSPS) is 11.6. The Labute approximate surface area is 149 Å². The van der Waals surface area contributed by atoms with E-state index in [1.54, 1.807) is 24.9 Å². The summed E-state index contributed by atoms with van der Waals surface area (Å²) in [5.74, 6) is 0. The lowest BCUT2D eigenvalue weighted by molar-refractivity contribution is 0.568.